The van der Waals surface area contributed by atoms with E-state index >= 15 is 0 Å². The van der Waals surface area contributed by atoms with Gasteiger partial charge in [-0.1, -0.05) is 12.2 Å². The Kier molecular flexibility index (Phi) is 2.10. The van der Waals surface area contributed by atoms with Crippen molar-refractivity contribution in [3.8, 4) is 0 Å². The Bertz CT molecular complexity index is 221. The van der Waals surface area contributed by atoms with E-state index < -0.39 is 12.7 Å². The van der Waals surface area contributed by atoms with Gasteiger partial charge in [0, 0.05) is 6.04 Å². The maximum Gasteiger partial charge on any atom is 0.401 e. The van der Waals surface area contributed by atoms with Crippen LogP contribution in [0.2, 0.25) is 0 Å². The molecule has 0 heterocycles. The van der Waals surface area contributed by atoms with Crippen LogP contribution in [0.3, 0.4) is 0 Å². The molecule has 3 unspecified atom stereocenters. The van der Waals surface area contributed by atoms with Gasteiger partial charge in [-0.15, -0.1) is 0 Å². The lowest BCUT2D eigenvalue weighted by Gasteiger charge is -2.40. The molecule has 1 nitrogen and oxygen atoms in total. The molecule has 0 aromatic rings. The van der Waals surface area contributed by atoms with Crippen molar-refractivity contribution < 1.29 is 13.2 Å². The van der Waals surface area contributed by atoms with Crippen LogP contribution in [0, 0.1) is 11.8 Å². The van der Waals surface area contributed by atoms with Crippen LogP contribution in [0.5, 0.6) is 0 Å². The second kappa shape index (κ2) is 3.01. The SMILES string of the molecule is FC(F)(F)CNC1CC2CC=CC21. The van der Waals surface area contributed by atoms with E-state index in [2.05, 4.69) is 11.4 Å². The number of alkyl halides is 3. The van der Waals surface area contributed by atoms with Gasteiger partial charge in [0.05, 0.1) is 6.54 Å². The third-order valence-corrected chi connectivity index (χ3v) is 2.93. The van der Waals surface area contributed by atoms with Gasteiger partial charge in [-0.05, 0) is 24.7 Å². The number of nitrogens with one attached hydrogen (secondary N) is 1. The van der Waals surface area contributed by atoms with Crippen molar-refractivity contribution in [2.45, 2.75) is 25.1 Å². The van der Waals surface area contributed by atoms with Gasteiger partial charge in [-0.3, -0.25) is 0 Å². The first kappa shape index (κ1) is 9.06. The average molecular weight is 191 g/mol. The smallest absolute Gasteiger partial charge is 0.305 e. The monoisotopic (exact) mass is 191 g/mol. The van der Waals surface area contributed by atoms with Crippen LogP contribution in [0.25, 0.3) is 0 Å². The largest absolute Gasteiger partial charge is 0.401 e. The van der Waals surface area contributed by atoms with Gasteiger partial charge in [0.25, 0.3) is 0 Å². The van der Waals surface area contributed by atoms with E-state index in [0.29, 0.717) is 11.8 Å². The fourth-order valence-corrected chi connectivity index (χ4v) is 2.19. The minimum atomic E-state index is -4.08. The van der Waals surface area contributed by atoms with Crippen LogP contribution in [0.15, 0.2) is 12.2 Å². The quantitative estimate of drug-likeness (QED) is 0.659. The molecule has 1 fully saturated rings. The molecule has 13 heavy (non-hydrogen) atoms. The molecule has 1 saturated carbocycles. The van der Waals surface area contributed by atoms with E-state index in [0.717, 1.165) is 12.8 Å². The lowest BCUT2D eigenvalue weighted by molar-refractivity contribution is -0.129. The molecule has 2 rings (SSSR count). The van der Waals surface area contributed by atoms with E-state index in [4.69, 9.17) is 0 Å². The third-order valence-electron chi connectivity index (χ3n) is 2.93. The summed E-state index contributed by atoms with van der Waals surface area (Å²) in [6.45, 7) is -0.852. The fourth-order valence-electron chi connectivity index (χ4n) is 2.19. The van der Waals surface area contributed by atoms with Gasteiger partial charge in [0.15, 0.2) is 0 Å². The van der Waals surface area contributed by atoms with Crippen molar-refractivity contribution in [3.05, 3.63) is 12.2 Å². The molecule has 0 amide bonds. The molecular weight excluding hydrogens is 179 g/mol. The van der Waals surface area contributed by atoms with Gasteiger partial charge in [0.1, 0.15) is 0 Å². The van der Waals surface area contributed by atoms with E-state index in [-0.39, 0.29) is 6.04 Å². The molecule has 0 saturated heterocycles. The number of allylic oxidation sites excluding steroid dienone is 1. The molecule has 2 aliphatic carbocycles. The molecule has 0 radical (unpaired) electrons. The number of fused-ring (bicyclic) bond motifs is 1. The average Bonchev–Trinajstić information content (AvgIpc) is 2.30. The highest BCUT2D eigenvalue weighted by molar-refractivity contribution is 5.12. The Hall–Kier alpha value is -0.510. The molecular formula is C9H12F3N. The summed E-state index contributed by atoms with van der Waals surface area (Å²) in [5.41, 5.74) is 0. The summed E-state index contributed by atoms with van der Waals surface area (Å²) in [7, 11) is 0. The molecule has 74 valence electrons. The zero-order valence-electron chi connectivity index (χ0n) is 7.14. The summed E-state index contributed by atoms with van der Waals surface area (Å²) in [6.07, 6.45) is 1.99. The molecule has 2 aliphatic rings. The normalized spacial score (nSPS) is 37.3. The summed E-state index contributed by atoms with van der Waals surface area (Å²) in [4.78, 5) is 0. The first-order valence-electron chi connectivity index (χ1n) is 4.53. The second-order valence-electron chi connectivity index (χ2n) is 3.84. The van der Waals surface area contributed by atoms with Gasteiger partial charge < -0.3 is 5.32 Å². The molecule has 0 aliphatic heterocycles. The van der Waals surface area contributed by atoms with Crippen LogP contribution in [-0.2, 0) is 0 Å². The minimum Gasteiger partial charge on any atom is -0.305 e. The zero-order chi connectivity index (χ0) is 9.47. The fraction of sp³-hybridized carbons (Fsp3) is 0.778. The van der Waals surface area contributed by atoms with Crippen molar-refractivity contribution in [1.82, 2.24) is 5.32 Å². The summed E-state index contributed by atoms with van der Waals surface area (Å²) in [5.74, 6) is 0.980. The van der Waals surface area contributed by atoms with Crippen molar-refractivity contribution in [3.63, 3.8) is 0 Å². The number of hydrogen-bond acceptors (Lipinski definition) is 1. The van der Waals surface area contributed by atoms with Gasteiger partial charge in [-0.25, -0.2) is 0 Å². The van der Waals surface area contributed by atoms with Crippen molar-refractivity contribution in [2.75, 3.05) is 6.54 Å². The molecule has 0 aromatic carbocycles. The molecule has 4 heteroatoms. The lowest BCUT2D eigenvalue weighted by atomic mass is 9.71. The Labute approximate surface area is 75.0 Å². The predicted octanol–water partition coefficient (Wildman–Crippen LogP) is 2.10. The molecule has 1 N–H and O–H groups in total. The topological polar surface area (TPSA) is 12.0 Å². The van der Waals surface area contributed by atoms with E-state index in [9.17, 15) is 13.2 Å². The van der Waals surface area contributed by atoms with Crippen LogP contribution < -0.4 is 5.32 Å². The lowest BCUT2D eigenvalue weighted by Crippen LogP contribution is -2.50. The Morgan fingerprint density at radius 3 is 2.77 bits per heavy atom. The first-order chi connectivity index (χ1) is 6.06. The second-order valence-corrected chi connectivity index (χ2v) is 3.84. The summed E-state index contributed by atoms with van der Waals surface area (Å²) in [5, 5.41) is 2.55. The van der Waals surface area contributed by atoms with Crippen molar-refractivity contribution in [1.29, 1.82) is 0 Å². The molecule has 0 aromatic heterocycles. The van der Waals surface area contributed by atoms with Crippen LogP contribution in [0.4, 0.5) is 13.2 Å². The highest BCUT2D eigenvalue weighted by atomic mass is 19.4. The van der Waals surface area contributed by atoms with Crippen LogP contribution in [0.1, 0.15) is 12.8 Å². The van der Waals surface area contributed by atoms with Crippen molar-refractivity contribution in [2.24, 2.45) is 11.8 Å². The zero-order valence-corrected chi connectivity index (χ0v) is 7.14. The summed E-state index contributed by atoms with van der Waals surface area (Å²) >= 11 is 0. The first-order valence-corrected chi connectivity index (χ1v) is 4.53. The Balaban J connectivity index is 1.76. The maximum absolute atomic E-state index is 11.8. The Morgan fingerprint density at radius 1 is 1.38 bits per heavy atom. The number of rotatable bonds is 2. The molecule has 0 spiro atoms. The Morgan fingerprint density at radius 2 is 2.15 bits per heavy atom. The van der Waals surface area contributed by atoms with Crippen molar-refractivity contribution >= 4 is 0 Å². The van der Waals surface area contributed by atoms with Crippen LogP contribution >= 0.6 is 0 Å². The number of hydrogen-bond donors (Lipinski definition) is 1. The van der Waals surface area contributed by atoms with E-state index in [1.807, 2.05) is 6.08 Å². The summed E-state index contributed by atoms with van der Waals surface area (Å²) < 4.78 is 35.5. The highest BCUT2D eigenvalue weighted by Crippen LogP contribution is 2.42. The van der Waals surface area contributed by atoms with Gasteiger partial charge in [-0.2, -0.15) is 13.2 Å². The highest BCUT2D eigenvalue weighted by Gasteiger charge is 2.42. The van der Waals surface area contributed by atoms with E-state index in [1.165, 1.54) is 0 Å². The predicted molar refractivity (Wildman–Crippen MR) is 43.2 cm³/mol. The maximum atomic E-state index is 11.8. The number of halogens is 3. The third kappa shape index (κ3) is 1.88. The molecule has 0 bridgehead atoms. The summed E-state index contributed by atoms with van der Waals surface area (Å²) in [6, 6.07) is 0.0605. The molecule has 3 atom stereocenters. The standard InChI is InChI=1S/C9H12F3N/c10-9(11,12)5-13-8-4-6-2-1-3-7(6)8/h1,3,6-8,13H,2,4-5H2. The van der Waals surface area contributed by atoms with Crippen LogP contribution in [-0.4, -0.2) is 18.8 Å². The minimum absolute atomic E-state index is 0.0605. The van der Waals surface area contributed by atoms with Gasteiger partial charge in [0.2, 0.25) is 0 Å². The van der Waals surface area contributed by atoms with Gasteiger partial charge >= 0.3 is 6.18 Å². The van der Waals surface area contributed by atoms with E-state index in [1.54, 1.807) is 0 Å².